The fourth-order valence-corrected chi connectivity index (χ4v) is 2.36. The van der Waals surface area contributed by atoms with Crippen molar-refractivity contribution in [2.45, 2.75) is 32.7 Å². The number of urea groups is 1. The van der Waals surface area contributed by atoms with Gasteiger partial charge in [0, 0.05) is 19.6 Å². The minimum atomic E-state index is -1.11. The standard InChI is InChI=1S/C13H21N5O3/c1-10-3-2-6-17(7-4-10)13(21)14-5-8-18-9-11(12(19)20)15-16-18/h9-10H,2-8H2,1H3,(H,14,21)(H,19,20). The molecular formula is C13H21N5O3. The van der Waals surface area contributed by atoms with Crippen LogP contribution in [0.3, 0.4) is 0 Å². The van der Waals surface area contributed by atoms with Gasteiger partial charge in [0.05, 0.1) is 12.7 Å². The number of carbonyl (C=O) groups excluding carboxylic acids is 1. The number of carboxylic acid groups (broad SMARTS) is 1. The molecule has 1 fully saturated rings. The van der Waals surface area contributed by atoms with Gasteiger partial charge in [0.2, 0.25) is 0 Å². The van der Waals surface area contributed by atoms with Gasteiger partial charge in [0.15, 0.2) is 5.69 Å². The zero-order chi connectivity index (χ0) is 15.2. The maximum absolute atomic E-state index is 12.0. The summed E-state index contributed by atoms with van der Waals surface area (Å²) in [4.78, 5) is 24.5. The Kier molecular flexibility index (Phi) is 5.13. The van der Waals surface area contributed by atoms with Gasteiger partial charge in [0.1, 0.15) is 0 Å². The highest BCUT2D eigenvalue weighted by molar-refractivity contribution is 5.84. The van der Waals surface area contributed by atoms with Crippen molar-refractivity contribution in [1.29, 1.82) is 0 Å². The molecule has 1 unspecified atom stereocenters. The second-order valence-corrected chi connectivity index (χ2v) is 5.43. The summed E-state index contributed by atoms with van der Waals surface area (Å²) in [5.74, 6) is -0.434. The number of aromatic carboxylic acids is 1. The van der Waals surface area contributed by atoms with Crippen LogP contribution < -0.4 is 5.32 Å². The van der Waals surface area contributed by atoms with E-state index in [-0.39, 0.29) is 11.7 Å². The molecule has 2 N–H and O–H groups in total. The summed E-state index contributed by atoms with van der Waals surface area (Å²) >= 11 is 0. The predicted octanol–water partition coefficient (Wildman–Crippen LogP) is 0.808. The van der Waals surface area contributed by atoms with Crippen LogP contribution in [0.1, 0.15) is 36.7 Å². The fraction of sp³-hybridized carbons (Fsp3) is 0.692. The van der Waals surface area contributed by atoms with Crippen LogP contribution in [0, 0.1) is 5.92 Å². The quantitative estimate of drug-likeness (QED) is 0.856. The highest BCUT2D eigenvalue weighted by Crippen LogP contribution is 2.16. The van der Waals surface area contributed by atoms with E-state index in [0.29, 0.717) is 19.0 Å². The van der Waals surface area contributed by atoms with Gasteiger partial charge in [-0.15, -0.1) is 5.10 Å². The van der Waals surface area contributed by atoms with E-state index in [1.54, 1.807) is 0 Å². The average molecular weight is 295 g/mol. The van der Waals surface area contributed by atoms with Crippen molar-refractivity contribution >= 4 is 12.0 Å². The number of hydrogen-bond acceptors (Lipinski definition) is 4. The smallest absolute Gasteiger partial charge is 0.358 e. The van der Waals surface area contributed by atoms with Crippen LogP contribution in [0.4, 0.5) is 4.79 Å². The van der Waals surface area contributed by atoms with E-state index in [2.05, 4.69) is 22.6 Å². The molecule has 0 spiro atoms. The van der Waals surface area contributed by atoms with Crippen molar-refractivity contribution in [3.8, 4) is 0 Å². The third-order valence-corrected chi connectivity index (χ3v) is 3.68. The summed E-state index contributed by atoms with van der Waals surface area (Å²) in [5, 5.41) is 18.8. The second kappa shape index (κ2) is 7.05. The van der Waals surface area contributed by atoms with Crippen molar-refractivity contribution in [2.75, 3.05) is 19.6 Å². The largest absolute Gasteiger partial charge is 0.476 e. The lowest BCUT2D eigenvalue weighted by atomic mass is 10.0. The number of aromatic nitrogens is 3. The Labute approximate surface area is 123 Å². The molecule has 1 saturated heterocycles. The van der Waals surface area contributed by atoms with E-state index >= 15 is 0 Å². The molecule has 1 aromatic rings. The van der Waals surface area contributed by atoms with Crippen LogP contribution in [0.2, 0.25) is 0 Å². The second-order valence-electron chi connectivity index (χ2n) is 5.43. The topological polar surface area (TPSA) is 100 Å². The molecule has 0 aliphatic carbocycles. The number of carbonyl (C=O) groups is 2. The highest BCUT2D eigenvalue weighted by Gasteiger charge is 2.18. The first-order valence-electron chi connectivity index (χ1n) is 7.22. The van der Waals surface area contributed by atoms with Crippen molar-refractivity contribution in [2.24, 2.45) is 5.92 Å². The van der Waals surface area contributed by atoms with Gasteiger partial charge in [-0.3, -0.25) is 0 Å². The zero-order valence-corrected chi connectivity index (χ0v) is 12.2. The maximum Gasteiger partial charge on any atom is 0.358 e. The summed E-state index contributed by atoms with van der Waals surface area (Å²) in [6.07, 6.45) is 4.60. The van der Waals surface area contributed by atoms with Crippen LogP contribution in [0.5, 0.6) is 0 Å². The zero-order valence-electron chi connectivity index (χ0n) is 12.2. The molecule has 1 aromatic heterocycles. The molecule has 2 heterocycles. The molecule has 1 atom stereocenters. The molecule has 2 amide bonds. The van der Waals surface area contributed by atoms with Crippen LogP contribution >= 0.6 is 0 Å². The van der Waals surface area contributed by atoms with Crippen molar-refractivity contribution in [3.63, 3.8) is 0 Å². The Morgan fingerprint density at radius 3 is 2.95 bits per heavy atom. The summed E-state index contributed by atoms with van der Waals surface area (Å²) in [7, 11) is 0. The van der Waals surface area contributed by atoms with Crippen LogP contribution in [-0.4, -0.2) is 56.6 Å². The Hall–Kier alpha value is -2.12. The van der Waals surface area contributed by atoms with Crippen LogP contribution in [-0.2, 0) is 6.54 Å². The molecule has 0 aromatic carbocycles. The van der Waals surface area contributed by atoms with Crippen molar-refractivity contribution in [1.82, 2.24) is 25.2 Å². The lowest BCUT2D eigenvalue weighted by Crippen LogP contribution is -2.41. The highest BCUT2D eigenvalue weighted by atomic mass is 16.4. The first-order valence-corrected chi connectivity index (χ1v) is 7.22. The number of amides is 2. The molecule has 0 bridgehead atoms. The third-order valence-electron chi connectivity index (χ3n) is 3.68. The molecule has 2 rings (SSSR count). The lowest BCUT2D eigenvalue weighted by Gasteiger charge is -2.20. The number of likely N-dealkylation sites (tertiary alicyclic amines) is 1. The molecule has 116 valence electrons. The van der Waals surface area contributed by atoms with Gasteiger partial charge in [0.25, 0.3) is 0 Å². The lowest BCUT2D eigenvalue weighted by molar-refractivity contribution is 0.0690. The summed E-state index contributed by atoms with van der Waals surface area (Å²) in [6.45, 7) is 4.60. The Bertz CT molecular complexity index is 502. The van der Waals surface area contributed by atoms with Crippen molar-refractivity contribution in [3.05, 3.63) is 11.9 Å². The van der Waals surface area contributed by atoms with Gasteiger partial charge < -0.3 is 15.3 Å². The summed E-state index contributed by atoms with van der Waals surface area (Å²) in [6, 6.07) is -0.0670. The number of nitrogens with one attached hydrogen (secondary N) is 1. The molecule has 21 heavy (non-hydrogen) atoms. The van der Waals surface area contributed by atoms with Gasteiger partial charge in [-0.05, 0) is 25.2 Å². The first kappa shape index (κ1) is 15.3. The monoisotopic (exact) mass is 295 g/mol. The fourth-order valence-electron chi connectivity index (χ4n) is 2.36. The van der Waals surface area contributed by atoms with Crippen LogP contribution in [0.25, 0.3) is 0 Å². The summed E-state index contributed by atoms with van der Waals surface area (Å²) in [5.41, 5.74) is -0.0946. The number of rotatable bonds is 4. The van der Waals surface area contributed by atoms with E-state index in [4.69, 9.17) is 5.11 Å². The Morgan fingerprint density at radius 2 is 2.24 bits per heavy atom. The molecule has 1 aliphatic rings. The van der Waals surface area contributed by atoms with E-state index in [1.807, 2.05) is 4.90 Å². The maximum atomic E-state index is 12.0. The third kappa shape index (κ3) is 4.44. The normalized spacial score (nSPS) is 19.1. The molecule has 8 heteroatoms. The van der Waals surface area contributed by atoms with Gasteiger partial charge in [-0.25, -0.2) is 14.3 Å². The minimum absolute atomic E-state index is 0.0670. The first-order chi connectivity index (χ1) is 10.1. The van der Waals surface area contributed by atoms with Gasteiger partial charge in [-0.1, -0.05) is 12.1 Å². The molecule has 0 radical (unpaired) electrons. The van der Waals surface area contributed by atoms with Crippen LogP contribution in [0.15, 0.2) is 6.20 Å². The SMILES string of the molecule is CC1CCCN(C(=O)NCCn2cc(C(=O)O)nn2)CC1. The Morgan fingerprint density at radius 1 is 1.43 bits per heavy atom. The van der Waals surface area contributed by atoms with Gasteiger partial charge in [-0.2, -0.15) is 0 Å². The minimum Gasteiger partial charge on any atom is -0.476 e. The molecule has 1 aliphatic heterocycles. The number of hydrogen-bond donors (Lipinski definition) is 2. The van der Waals surface area contributed by atoms with E-state index < -0.39 is 5.97 Å². The molecular weight excluding hydrogens is 274 g/mol. The predicted molar refractivity (Wildman–Crippen MR) is 75.0 cm³/mol. The number of nitrogens with zero attached hydrogens (tertiary/aromatic N) is 4. The molecule has 8 nitrogen and oxygen atoms in total. The van der Waals surface area contributed by atoms with Crippen molar-refractivity contribution < 1.29 is 14.7 Å². The van der Waals surface area contributed by atoms with E-state index in [0.717, 1.165) is 25.9 Å². The summed E-state index contributed by atoms with van der Waals surface area (Å²) < 4.78 is 1.41. The van der Waals surface area contributed by atoms with Gasteiger partial charge >= 0.3 is 12.0 Å². The average Bonchev–Trinajstić information content (AvgIpc) is 2.81. The van der Waals surface area contributed by atoms with E-state index in [9.17, 15) is 9.59 Å². The Balaban J connectivity index is 1.74. The van der Waals surface area contributed by atoms with E-state index in [1.165, 1.54) is 17.3 Å². The number of carboxylic acids is 1. The molecule has 0 saturated carbocycles.